The summed E-state index contributed by atoms with van der Waals surface area (Å²) in [5.41, 5.74) is 0.833. The van der Waals surface area contributed by atoms with Crippen molar-refractivity contribution in [2.75, 3.05) is 6.61 Å². The lowest BCUT2D eigenvalue weighted by Crippen LogP contribution is -2.14. The van der Waals surface area contributed by atoms with Gasteiger partial charge in [0.15, 0.2) is 0 Å². The standard InChI is InChI=1S/C19H19FO4/c1-2-3-11-23-18(21)16-9-4-5-10-17(16)19(22)24-13-14-7-6-8-15(20)12-14/h4-10,12H,2-3,11,13H2,1H3. The van der Waals surface area contributed by atoms with Crippen LogP contribution >= 0.6 is 0 Å². The van der Waals surface area contributed by atoms with Crippen molar-refractivity contribution in [1.29, 1.82) is 0 Å². The van der Waals surface area contributed by atoms with E-state index in [-0.39, 0.29) is 17.7 Å². The van der Waals surface area contributed by atoms with E-state index in [1.807, 2.05) is 6.92 Å². The number of benzene rings is 2. The molecule has 2 aromatic rings. The monoisotopic (exact) mass is 330 g/mol. The Kier molecular flexibility index (Phi) is 6.49. The predicted octanol–water partition coefficient (Wildman–Crippen LogP) is 4.14. The fraction of sp³-hybridized carbons (Fsp3) is 0.263. The van der Waals surface area contributed by atoms with Gasteiger partial charge in [-0.15, -0.1) is 0 Å². The van der Waals surface area contributed by atoms with Crippen LogP contribution < -0.4 is 0 Å². The topological polar surface area (TPSA) is 52.6 Å². The molecule has 0 amide bonds. The molecular weight excluding hydrogens is 311 g/mol. The summed E-state index contributed by atoms with van der Waals surface area (Å²) in [6.07, 6.45) is 1.67. The maximum atomic E-state index is 13.1. The van der Waals surface area contributed by atoms with Crippen molar-refractivity contribution in [3.05, 3.63) is 71.0 Å². The Bertz CT molecular complexity index is 712. The molecule has 0 bridgehead atoms. The van der Waals surface area contributed by atoms with Gasteiger partial charge in [-0.05, 0) is 36.2 Å². The van der Waals surface area contributed by atoms with E-state index >= 15 is 0 Å². The quantitative estimate of drug-likeness (QED) is 0.565. The molecule has 0 atom stereocenters. The molecule has 0 aliphatic heterocycles. The highest BCUT2D eigenvalue weighted by Gasteiger charge is 2.19. The average molecular weight is 330 g/mol. The maximum absolute atomic E-state index is 13.1. The van der Waals surface area contributed by atoms with Gasteiger partial charge in [-0.3, -0.25) is 0 Å². The Morgan fingerprint density at radius 2 is 1.62 bits per heavy atom. The molecule has 0 spiro atoms. The van der Waals surface area contributed by atoms with Crippen LogP contribution in [0.4, 0.5) is 4.39 Å². The molecule has 2 rings (SSSR count). The van der Waals surface area contributed by atoms with Gasteiger partial charge in [0.2, 0.25) is 0 Å². The molecule has 0 aliphatic carbocycles. The first-order chi connectivity index (χ1) is 11.6. The van der Waals surface area contributed by atoms with E-state index in [1.165, 1.54) is 30.3 Å². The highest BCUT2D eigenvalue weighted by atomic mass is 19.1. The van der Waals surface area contributed by atoms with Crippen molar-refractivity contribution in [3.63, 3.8) is 0 Å². The molecular formula is C19H19FO4. The van der Waals surface area contributed by atoms with Gasteiger partial charge in [0.1, 0.15) is 12.4 Å². The first-order valence-corrected chi connectivity index (χ1v) is 7.79. The van der Waals surface area contributed by atoms with Crippen molar-refractivity contribution >= 4 is 11.9 Å². The molecule has 4 nitrogen and oxygen atoms in total. The lowest BCUT2D eigenvalue weighted by molar-refractivity contribution is 0.0437. The van der Waals surface area contributed by atoms with Crippen LogP contribution in [0.5, 0.6) is 0 Å². The van der Waals surface area contributed by atoms with E-state index in [4.69, 9.17) is 9.47 Å². The summed E-state index contributed by atoms with van der Waals surface area (Å²) in [6, 6.07) is 12.1. The summed E-state index contributed by atoms with van der Waals surface area (Å²) >= 11 is 0. The van der Waals surface area contributed by atoms with Gasteiger partial charge < -0.3 is 9.47 Å². The Labute approximate surface area is 140 Å². The Morgan fingerprint density at radius 1 is 0.958 bits per heavy atom. The van der Waals surface area contributed by atoms with E-state index < -0.39 is 17.8 Å². The second-order valence-corrected chi connectivity index (χ2v) is 5.24. The van der Waals surface area contributed by atoms with Crippen LogP contribution in [0.25, 0.3) is 0 Å². The molecule has 0 unspecified atom stereocenters. The van der Waals surface area contributed by atoms with Gasteiger partial charge in [-0.1, -0.05) is 37.6 Å². The van der Waals surface area contributed by atoms with Crippen LogP contribution in [0.1, 0.15) is 46.0 Å². The largest absolute Gasteiger partial charge is 0.462 e. The Morgan fingerprint density at radius 3 is 2.25 bits per heavy atom. The van der Waals surface area contributed by atoms with Gasteiger partial charge in [-0.2, -0.15) is 0 Å². The van der Waals surface area contributed by atoms with E-state index in [0.29, 0.717) is 12.2 Å². The van der Waals surface area contributed by atoms with E-state index in [1.54, 1.807) is 18.2 Å². The number of unbranched alkanes of at least 4 members (excludes halogenated alkanes) is 1. The summed E-state index contributed by atoms with van der Waals surface area (Å²) < 4.78 is 23.4. The van der Waals surface area contributed by atoms with Crippen LogP contribution in [0, 0.1) is 5.82 Å². The number of hydrogen-bond acceptors (Lipinski definition) is 4. The second-order valence-electron chi connectivity index (χ2n) is 5.24. The third-order valence-electron chi connectivity index (χ3n) is 3.36. The molecule has 0 saturated heterocycles. The molecule has 24 heavy (non-hydrogen) atoms. The van der Waals surface area contributed by atoms with Gasteiger partial charge in [0.25, 0.3) is 0 Å². The zero-order valence-electron chi connectivity index (χ0n) is 13.5. The Balaban J connectivity index is 2.05. The SMILES string of the molecule is CCCCOC(=O)c1ccccc1C(=O)OCc1cccc(F)c1. The fourth-order valence-corrected chi connectivity index (χ4v) is 2.08. The molecule has 0 N–H and O–H groups in total. The van der Waals surface area contributed by atoms with Crippen LogP contribution in [0.15, 0.2) is 48.5 Å². The summed E-state index contributed by atoms with van der Waals surface area (Å²) in [7, 11) is 0. The molecule has 126 valence electrons. The maximum Gasteiger partial charge on any atom is 0.339 e. The number of ether oxygens (including phenoxy) is 2. The molecule has 5 heteroatoms. The lowest BCUT2D eigenvalue weighted by Gasteiger charge is -2.10. The first-order valence-electron chi connectivity index (χ1n) is 7.79. The third kappa shape index (κ3) is 4.91. The van der Waals surface area contributed by atoms with Crippen molar-refractivity contribution in [1.82, 2.24) is 0 Å². The highest BCUT2D eigenvalue weighted by molar-refractivity contribution is 6.03. The van der Waals surface area contributed by atoms with E-state index in [9.17, 15) is 14.0 Å². The second kappa shape index (κ2) is 8.82. The van der Waals surface area contributed by atoms with Gasteiger partial charge >= 0.3 is 11.9 Å². The van der Waals surface area contributed by atoms with E-state index in [2.05, 4.69) is 0 Å². The van der Waals surface area contributed by atoms with Crippen LogP contribution in [0.3, 0.4) is 0 Å². The van der Waals surface area contributed by atoms with E-state index in [0.717, 1.165) is 12.8 Å². The zero-order chi connectivity index (χ0) is 17.4. The minimum atomic E-state index is -0.651. The molecule has 0 aliphatic rings. The average Bonchev–Trinajstić information content (AvgIpc) is 2.60. The predicted molar refractivity (Wildman–Crippen MR) is 87.2 cm³/mol. The molecule has 0 saturated carbocycles. The number of hydrogen-bond donors (Lipinski definition) is 0. The van der Waals surface area contributed by atoms with Gasteiger partial charge in [0, 0.05) is 0 Å². The number of esters is 2. The smallest absolute Gasteiger partial charge is 0.339 e. The van der Waals surface area contributed by atoms with Crippen LogP contribution in [-0.4, -0.2) is 18.5 Å². The van der Waals surface area contributed by atoms with Crippen molar-refractivity contribution in [2.45, 2.75) is 26.4 Å². The normalized spacial score (nSPS) is 10.2. The molecule has 0 fully saturated rings. The minimum absolute atomic E-state index is 0.0736. The Hall–Kier alpha value is -2.69. The number of carbonyl (C=O) groups excluding carboxylic acids is 2. The molecule has 0 radical (unpaired) electrons. The van der Waals surface area contributed by atoms with Gasteiger partial charge in [0.05, 0.1) is 17.7 Å². The molecule has 0 aromatic heterocycles. The van der Waals surface area contributed by atoms with Gasteiger partial charge in [-0.25, -0.2) is 14.0 Å². The minimum Gasteiger partial charge on any atom is -0.462 e. The third-order valence-corrected chi connectivity index (χ3v) is 3.36. The highest BCUT2D eigenvalue weighted by Crippen LogP contribution is 2.14. The number of carbonyl (C=O) groups is 2. The van der Waals surface area contributed by atoms with Crippen molar-refractivity contribution in [2.24, 2.45) is 0 Å². The number of rotatable bonds is 7. The lowest BCUT2D eigenvalue weighted by atomic mass is 10.1. The molecule has 2 aromatic carbocycles. The number of halogens is 1. The summed E-state index contributed by atoms with van der Waals surface area (Å²) in [5.74, 6) is -1.60. The summed E-state index contributed by atoms with van der Waals surface area (Å²) in [6.45, 7) is 2.23. The van der Waals surface area contributed by atoms with Crippen LogP contribution in [0.2, 0.25) is 0 Å². The molecule has 0 heterocycles. The zero-order valence-corrected chi connectivity index (χ0v) is 13.5. The van der Waals surface area contributed by atoms with Crippen LogP contribution in [-0.2, 0) is 16.1 Å². The first kappa shape index (κ1) is 17.7. The van der Waals surface area contributed by atoms with Crippen molar-refractivity contribution in [3.8, 4) is 0 Å². The summed E-state index contributed by atoms with van der Waals surface area (Å²) in [5, 5.41) is 0. The fourth-order valence-electron chi connectivity index (χ4n) is 2.08. The summed E-state index contributed by atoms with van der Waals surface area (Å²) in [4.78, 5) is 24.3. The van der Waals surface area contributed by atoms with Crippen molar-refractivity contribution < 1.29 is 23.5 Å².